The van der Waals surface area contributed by atoms with Crippen LogP contribution < -0.4 is 10.1 Å². The fourth-order valence-electron chi connectivity index (χ4n) is 1.86. The predicted molar refractivity (Wildman–Crippen MR) is 78.1 cm³/mol. The molecule has 5 heteroatoms. The molecule has 0 fully saturated rings. The summed E-state index contributed by atoms with van der Waals surface area (Å²) in [5.74, 6) is 0.250. The summed E-state index contributed by atoms with van der Waals surface area (Å²) in [6, 6.07) is 8.54. The number of nitrogens with one attached hydrogen (secondary N) is 1. The van der Waals surface area contributed by atoms with Gasteiger partial charge in [0.1, 0.15) is 5.75 Å². The maximum atomic E-state index is 12.3. The molecule has 2 aromatic rings. The van der Waals surface area contributed by atoms with Gasteiger partial charge in [-0.25, -0.2) is 0 Å². The third-order valence-corrected chi connectivity index (χ3v) is 3.20. The molecule has 0 spiro atoms. The Morgan fingerprint density at radius 2 is 2.00 bits per heavy atom. The van der Waals surface area contributed by atoms with Crippen LogP contribution in [0.4, 0.5) is 0 Å². The molecule has 2 rings (SSSR count). The molecule has 0 bridgehead atoms. The highest BCUT2D eigenvalue weighted by atomic mass is 35.5. The third-order valence-electron chi connectivity index (χ3n) is 2.96. The maximum absolute atomic E-state index is 12.3. The van der Waals surface area contributed by atoms with Gasteiger partial charge < -0.3 is 10.1 Å². The van der Waals surface area contributed by atoms with E-state index in [0.717, 1.165) is 5.56 Å². The van der Waals surface area contributed by atoms with Crippen LogP contribution in [0.5, 0.6) is 5.75 Å². The first-order valence-corrected chi connectivity index (χ1v) is 6.54. The predicted octanol–water partition coefficient (Wildman–Crippen LogP) is 3.23. The first kappa shape index (κ1) is 14.3. The van der Waals surface area contributed by atoms with E-state index in [4.69, 9.17) is 16.3 Å². The first-order chi connectivity index (χ1) is 9.61. The maximum Gasteiger partial charge on any atom is 0.255 e. The smallest absolute Gasteiger partial charge is 0.255 e. The summed E-state index contributed by atoms with van der Waals surface area (Å²) < 4.78 is 5.18. The Kier molecular flexibility index (Phi) is 4.58. The Morgan fingerprint density at radius 1 is 1.30 bits per heavy atom. The van der Waals surface area contributed by atoms with E-state index in [1.807, 2.05) is 19.1 Å². The monoisotopic (exact) mass is 290 g/mol. The number of methoxy groups -OCH3 is 1. The molecule has 1 N–H and O–H groups in total. The molecule has 0 aliphatic carbocycles. The molecule has 1 heterocycles. The Labute approximate surface area is 122 Å². The standard InChI is InChI=1S/C15H15ClN2O2/c1-10(11-5-7-17-8-6-11)18-15(19)13-4-3-12(16)9-14(13)20-2/h3-10H,1-2H3,(H,18,19). The normalized spacial score (nSPS) is 11.8. The first-order valence-electron chi connectivity index (χ1n) is 6.16. The van der Waals surface area contributed by atoms with Crippen molar-refractivity contribution in [3.63, 3.8) is 0 Å². The Hall–Kier alpha value is -2.07. The minimum absolute atomic E-state index is 0.120. The van der Waals surface area contributed by atoms with Gasteiger partial charge >= 0.3 is 0 Å². The van der Waals surface area contributed by atoms with Gasteiger partial charge in [0.15, 0.2) is 0 Å². The molecule has 1 unspecified atom stereocenters. The van der Waals surface area contributed by atoms with Crippen LogP contribution in [0.15, 0.2) is 42.7 Å². The largest absolute Gasteiger partial charge is 0.496 e. The molecule has 20 heavy (non-hydrogen) atoms. The molecule has 1 aromatic carbocycles. The second-order valence-electron chi connectivity index (χ2n) is 4.32. The van der Waals surface area contributed by atoms with Crippen LogP contribution in [0.2, 0.25) is 5.02 Å². The van der Waals surface area contributed by atoms with Gasteiger partial charge in [-0.15, -0.1) is 0 Å². The second kappa shape index (κ2) is 6.39. The average Bonchev–Trinajstić information content (AvgIpc) is 2.47. The van der Waals surface area contributed by atoms with Gasteiger partial charge in [-0.2, -0.15) is 0 Å². The molecule has 104 valence electrons. The third kappa shape index (κ3) is 3.27. The summed E-state index contributed by atoms with van der Waals surface area (Å²) in [7, 11) is 1.51. The van der Waals surface area contributed by atoms with Crippen LogP contribution in [-0.4, -0.2) is 18.0 Å². The Morgan fingerprint density at radius 3 is 2.65 bits per heavy atom. The summed E-state index contributed by atoms with van der Waals surface area (Å²) in [5.41, 5.74) is 1.44. The Balaban J connectivity index is 2.16. The number of hydrogen-bond acceptors (Lipinski definition) is 3. The number of halogens is 1. The highest BCUT2D eigenvalue weighted by molar-refractivity contribution is 6.30. The van der Waals surface area contributed by atoms with Gasteiger partial charge in [-0.3, -0.25) is 9.78 Å². The molecule has 0 aliphatic heterocycles. The average molecular weight is 291 g/mol. The van der Waals surface area contributed by atoms with E-state index >= 15 is 0 Å². The SMILES string of the molecule is COc1cc(Cl)ccc1C(=O)NC(C)c1ccncc1. The number of aromatic nitrogens is 1. The van der Waals surface area contributed by atoms with Crippen LogP contribution in [0.1, 0.15) is 28.9 Å². The molecule has 0 aliphatic rings. The lowest BCUT2D eigenvalue weighted by Crippen LogP contribution is -2.27. The number of pyridine rings is 1. The van der Waals surface area contributed by atoms with Crippen LogP contribution in [-0.2, 0) is 0 Å². The number of benzene rings is 1. The lowest BCUT2D eigenvalue weighted by molar-refractivity contribution is 0.0937. The van der Waals surface area contributed by atoms with Crippen molar-refractivity contribution < 1.29 is 9.53 Å². The zero-order chi connectivity index (χ0) is 14.5. The Bertz CT molecular complexity index is 602. The number of hydrogen-bond donors (Lipinski definition) is 1. The van der Waals surface area contributed by atoms with E-state index < -0.39 is 0 Å². The molecule has 0 saturated carbocycles. The molecule has 0 radical (unpaired) electrons. The lowest BCUT2D eigenvalue weighted by Gasteiger charge is -2.15. The summed E-state index contributed by atoms with van der Waals surface area (Å²) in [5, 5.41) is 3.45. The van der Waals surface area contributed by atoms with Crippen molar-refractivity contribution >= 4 is 17.5 Å². The van der Waals surface area contributed by atoms with Crippen LogP contribution >= 0.6 is 11.6 Å². The van der Waals surface area contributed by atoms with Gasteiger partial charge in [0, 0.05) is 17.4 Å². The van der Waals surface area contributed by atoms with E-state index in [0.29, 0.717) is 16.3 Å². The summed E-state index contributed by atoms with van der Waals surface area (Å²) in [4.78, 5) is 16.2. The molecular weight excluding hydrogens is 276 g/mol. The van der Waals surface area contributed by atoms with Crippen molar-refractivity contribution in [3.8, 4) is 5.75 Å². The summed E-state index contributed by atoms with van der Waals surface area (Å²) in [6.07, 6.45) is 3.39. The van der Waals surface area contributed by atoms with Gasteiger partial charge in [-0.05, 0) is 42.8 Å². The number of carbonyl (C=O) groups excluding carboxylic acids is 1. The van der Waals surface area contributed by atoms with Crippen molar-refractivity contribution in [2.24, 2.45) is 0 Å². The van der Waals surface area contributed by atoms with Gasteiger partial charge in [0.25, 0.3) is 5.91 Å². The van der Waals surface area contributed by atoms with Crippen molar-refractivity contribution in [2.75, 3.05) is 7.11 Å². The van der Waals surface area contributed by atoms with Crippen LogP contribution in [0.3, 0.4) is 0 Å². The number of nitrogens with zero attached hydrogens (tertiary/aromatic N) is 1. The van der Waals surface area contributed by atoms with E-state index in [9.17, 15) is 4.79 Å². The van der Waals surface area contributed by atoms with Gasteiger partial charge in [-0.1, -0.05) is 11.6 Å². The zero-order valence-corrected chi connectivity index (χ0v) is 12.0. The second-order valence-corrected chi connectivity index (χ2v) is 4.76. The van der Waals surface area contributed by atoms with E-state index in [1.165, 1.54) is 7.11 Å². The fraction of sp³-hybridized carbons (Fsp3) is 0.200. The molecular formula is C15H15ClN2O2. The van der Waals surface area contributed by atoms with Crippen molar-refractivity contribution in [1.82, 2.24) is 10.3 Å². The van der Waals surface area contributed by atoms with E-state index in [-0.39, 0.29) is 11.9 Å². The molecule has 1 aromatic heterocycles. The van der Waals surface area contributed by atoms with Crippen LogP contribution in [0, 0.1) is 0 Å². The quantitative estimate of drug-likeness (QED) is 0.940. The number of carbonyl (C=O) groups is 1. The zero-order valence-electron chi connectivity index (χ0n) is 11.3. The lowest BCUT2D eigenvalue weighted by atomic mass is 10.1. The summed E-state index contributed by atoms with van der Waals surface area (Å²) in [6.45, 7) is 1.91. The highest BCUT2D eigenvalue weighted by Gasteiger charge is 2.15. The van der Waals surface area contributed by atoms with Crippen molar-refractivity contribution in [2.45, 2.75) is 13.0 Å². The number of ether oxygens (including phenoxy) is 1. The van der Waals surface area contributed by atoms with Gasteiger partial charge in [0.05, 0.1) is 18.7 Å². The van der Waals surface area contributed by atoms with E-state index in [1.54, 1.807) is 30.6 Å². The van der Waals surface area contributed by atoms with E-state index in [2.05, 4.69) is 10.3 Å². The minimum Gasteiger partial charge on any atom is -0.496 e. The highest BCUT2D eigenvalue weighted by Crippen LogP contribution is 2.23. The molecule has 1 atom stereocenters. The van der Waals surface area contributed by atoms with Gasteiger partial charge in [0.2, 0.25) is 0 Å². The topological polar surface area (TPSA) is 51.2 Å². The fourth-order valence-corrected chi connectivity index (χ4v) is 2.02. The van der Waals surface area contributed by atoms with Crippen molar-refractivity contribution in [1.29, 1.82) is 0 Å². The van der Waals surface area contributed by atoms with Crippen molar-refractivity contribution in [3.05, 3.63) is 58.9 Å². The summed E-state index contributed by atoms with van der Waals surface area (Å²) >= 11 is 5.88. The minimum atomic E-state index is -0.206. The number of amides is 1. The molecule has 4 nitrogen and oxygen atoms in total. The number of rotatable bonds is 4. The molecule has 0 saturated heterocycles. The molecule has 1 amide bonds. The van der Waals surface area contributed by atoms with Crippen LogP contribution in [0.25, 0.3) is 0 Å².